The van der Waals surface area contributed by atoms with Crippen molar-refractivity contribution in [3.05, 3.63) is 18.7 Å². The zero-order valence-electron chi connectivity index (χ0n) is 10.5. The van der Waals surface area contributed by atoms with Crippen LogP contribution in [0.5, 0.6) is 5.88 Å². The van der Waals surface area contributed by atoms with Gasteiger partial charge in [0.05, 0.1) is 18.0 Å². The Morgan fingerprint density at radius 3 is 2.59 bits per heavy atom. The van der Waals surface area contributed by atoms with E-state index in [4.69, 9.17) is 9.15 Å². The molecule has 0 saturated heterocycles. The molecule has 91 valence electrons. The monoisotopic (exact) mass is 235 g/mol. The van der Waals surface area contributed by atoms with Gasteiger partial charge in [-0.3, -0.25) is 0 Å². The molecule has 2 aromatic heterocycles. The number of ether oxygens (including phenoxy) is 1. The minimum absolute atomic E-state index is 0. The van der Waals surface area contributed by atoms with Crippen molar-refractivity contribution in [1.29, 1.82) is 0 Å². The van der Waals surface area contributed by atoms with E-state index in [1.807, 2.05) is 13.8 Å². The summed E-state index contributed by atoms with van der Waals surface area (Å²) in [5, 5.41) is 9.99. The lowest BCUT2D eigenvalue weighted by molar-refractivity contribution is -0.0929. The van der Waals surface area contributed by atoms with Gasteiger partial charge in [0.25, 0.3) is 0 Å². The molecule has 2 aromatic rings. The summed E-state index contributed by atoms with van der Waals surface area (Å²) in [7, 11) is 0. The summed E-state index contributed by atoms with van der Waals surface area (Å²) in [5.74, 6) is 1.03. The first-order valence-electron chi connectivity index (χ1n) is 5.13. The fourth-order valence-corrected chi connectivity index (χ4v) is 1.17. The van der Waals surface area contributed by atoms with Crippen LogP contribution in [-0.4, -0.2) is 34.1 Å². The van der Waals surface area contributed by atoms with Crippen molar-refractivity contribution < 1.29 is 14.3 Å². The Bertz CT molecular complexity index is 496. The molecule has 0 fully saturated rings. The molecule has 1 N–H and O–H groups in total. The molecule has 17 heavy (non-hydrogen) atoms. The molecular weight excluding hydrogens is 219 g/mol. The number of imidazole rings is 1. The van der Waals surface area contributed by atoms with Gasteiger partial charge in [0, 0.05) is 8.41 Å². The average Bonchev–Trinajstić information content (AvgIpc) is 2.67. The maximum absolute atomic E-state index is 9.99. The third-order valence-electron chi connectivity index (χ3n) is 2.95. The third-order valence-corrected chi connectivity index (χ3v) is 2.95. The number of aromatic nitrogens is 2. The smallest absolute Gasteiger partial charge is 0.308 e. The fraction of sp³-hybridized carbons (Fsp3) is 0.545. The van der Waals surface area contributed by atoms with Crippen LogP contribution in [0, 0.1) is 0 Å². The molecule has 0 amide bonds. The number of hydrogen-bond acceptors (Lipinski definition) is 4. The summed E-state index contributed by atoms with van der Waals surface area (Å²) in [6.07, 6.45) is 4.83. The van der Waals surface area contributed by atoms with Crippen LogP contribution in [-0.2, 0) is 0 Å². The van der Waals surface area contributed by atoms with Gasteiger partial charge < -0.3 is 14.3 Å². The minimum atomic E-state index is -0.957. The second-order valence-electron chi connectivity index (χ2n) is 4.82. The van der Waals surface area contributed by atoms with Gasteiger partial charge in [0.15, 0.2) is 0 Å². The quantitative estimate of drug-likeness (QED) is 0.818. The Labute approximate surface area is 102 Å². The van der Waals surface area contributed by atoms with Crippen LogP contribution in [0.15, 0.2) is 23.1 Å². The average molecular weight is 235 g/mol. The van der Waals surface area contributed by atoms with Gasteiger partial charge in [-0.1, -0.05) is 0 Å². The molecule has 2 rings (SSSR count). The molecule has 2 heterocycles. The molecule has 0 spiro atoms. The van der Waals surface area contributed by atoms with Crippen molar-refractivity contribution in [1.82, 2.24) is 9.38 Å². The lowest BCUT2D eigenvalue weighted by atomic mass is 9.89. The summed E-state index contributed by atoms with van der Waals surface area (Å²) in [6, 6.07) is 0. The highest BCUT2D eigenvalue weighted by molar-refractivity contribution is 5.75. The maximum Gasteiger partial charge on any atom is 0.308 e. The summed E-state index contributed by atoms with van der Waals surface area (Å²) in [5.41, 5.74) is -1.68. The van der Waals surface area contributed by atoms with E-state index in [-0.39, 0.29) is 8.41 Å². The molecule has 0 aliphatic carbocycles. The molecular formula is C11H16BN2O3. The molecule has 0 aliphatic heterocycles. The summed E-state index contributed by atoms with van der Waals surface area (Å²) in [6.45, 7) is 7.07. The van der Waals surface area contributed by atoms with Crippen LogP contribution in [0.2, 0.25) is 0 Å². The zero-order valence-corrected chi connectivity index (χ0v) is 10.5. The number of oxazole rings is 1. The molecule has 0 aromatic carbocycles. The van der Waals surface area contributed by atoms with Crippen molar-refractivity contribution >= 4 is 14.3 Å². The van der Waals surface area contributed by atoms with Crippen molar-refractivity contribution in [2.24, 2.45) is 0 Å². The van der Waals surface area contributed by atoms with Gasteiger partial charge in [-0.15, -0.1) is 0 Å². The van der Waals surface area contributed by atoms with Gasteiger partial charge in [-0.2, -0.15) is 4.98 Å². The molecule has 3 radical (unpaired) electrons. The predicted octanol–water partition coefficient (Wildman–Crippen LogP) is 1.47. The first-order chi connectivity index (χ1) is 7.31. The SMILES string of the molecule is CC(C)(O)C(C)(C)Oc1cnc2occn12.[B]. The normalized spacial score (nSPS) is 12.5. The highest BCUT2D eigenvalue weighted by Crippen LogP contribution is 2.28. The molecule has 0 aliphatic rings. The topological polar surface area (TPSA) is 59.9 Å². The van der Waals surface area contributed by atoms with E-state index in [1.54, 1.807) is 30.6 Å². The second-order valence-corrected chi connectivity index (χ2v) is 4.82. The van der Waals surface area contributed by atoms with Gasteiger partial charge in [-0.25, -0.2) is 4.40 Å². The Morgan fingerprint density at radius 1 is 1.35 bits per heavy atom. The lowest BCUT2D eigenvalue weighted by Crippen LogP contribution is -2.49. The standard InChI is InChI=1S/C11H16N2O3.B/c1-10(2,14)11(3,4)16-8-7-12-9-13(8)5-6-15-9;/h5-7,14H,1-4H3;. The lowest BCUT2D eigenvalue weighted by Gasteiger charge is -2.36. The van der Waals surface area contributed by atoms with E-state index in [0.717, 1.165) is 0 Å². The van der Waals surface area contributed by atoms with Crippen molar-refractivity contribution in [3.63, 3.8) is 0 Å². The molecule has 5 nitrogen and oxygen atoms in total. The van der Waals surface area contributed by atoms with Gasteiger partial charge in [0.1, 0.15) is 11.9 Å². The van der Waals surface area contributed by atoms with Crippen LogP contribution < -0.4 is 4.74 Å². The third kappa shape index (κ3) is 2.31. The van der Waals surface area contributed by atoms with Crippen molar-refractivity contribution in [2.45, 2.75) is 38.9 Å². The number of hydrogen-bond donors (Lipinski definition) is 1. The van der Waals surface area contributed by atoms with Crippen LogP contribution in [0.3, 0.4) is 0 Å². The Morgan fingerprint density at radius 2 is 2.00 bits per heavy atom. The minimum Gasteiger partial charge on any atom is -0.468 e. The number of nitrogens with zero attached hydrogens (tertiary/aromatic N) is 2. The number of fused-ring (bicyclic) bond motifs is 1. The van der Waals surface area contributed by atoms with Crippen LogP contribution in [0.25, 0.3) is 5.84 Å². The molecule has 0 unspecified atom stereocenters. The summed E-state index contributed by atoms with van der Waals surface area (Å²) in [4.78, 5) is 4.03. The van der Waals surface area contributed by atoms with E-state index < -0.39 is 11.2 Å². The molecule has 0 bridgehead atoms. The Kier molecular flexibility index (Phi) is 3.29. The Hall–Kier alpha value is -1.43. The van der Waals surface area contributed by atoms with Gasteiger partial charge >= 0.3 is 5.84 Å². The highest BCUT2D eigenvalue weighted by atomic mass is 16.5. The van der Waals surface area contributed by atoms with E-state index in [9.17, 15) is 5.11 Å². The van der Waals surface area contributed by atoms with Crippen molar-refractivity contribution in [2.75, 3.05) is 0 Å². The Balaban J connectivity index is 0.00000144. The largest absolute Gasteiger partial charge is 0.468 e. The summed E-state index contributed by atoms with van der Waals surface area (Å²) >= 11 is 0. The van der Waals surface area contributed by atoms with Crippen LogP contribution >= 0.6 is 0 Å². The summed E-state index contributed by atoms with van der Waals surface area (Å²) < 4.78 is 12.6. The highest BCUT2D eigenvalue weighted by Gasteiger charge is 2.38. The van der Waals surface area contributed by atoms with Crippen LogP contribution in [0.1, 0.15) is 27.7 Å². The van der Waals surface area contributed by atoms with E-state index >= 15 is 0 Å². The zero-order chi connectivity index (χ0) is 12.0. The van der Waals surface area contributed by atoms with Gasteiger partial charge in [0.2, 0.25) is 5.88 Å². The van der Waals surface area contributed by atoms with Gasteiger partial charge in [-0.05, 0) is 27.7 Å². The number of rotatable bonds is 3. The van der Waals surface area contributed by atoms with Crippen LogP contribution in [0.4, 0.5) is 0 Å². The molecule has 6 heteroatoms. The molecule has 0 saturated carbocycles. The maximum atomic E-state index is 9.99. The second kappa shape index (κ2) is 4.11. The van der Waals surface area contributed by atoms with E-state index in [2.05, 4.69) is 4.98 Å². The number of aliphatic hydroxyl groups is 1. The predicted molar refractivity (Wildman–Crippen MR) is 64.2 cm³/mol. The fourth-order valence-electron chi connectivity index (χ4n) is 1.17. The first-order valence-corrected chi connectivity index (χ1v) is 5.13. The van der Waals surface area contributed by atoms with E-state index in [1.165, 1.54) is 6.26 Å². The van der Waals surface area contributed by atoms with Crippen molar-refractivity contribution in [3.8, 4) is 5.88 Å². The van der Waals surface area contributed by atoms with E-state index in [0.29, 0.717) is 11.7 Å². The first kappa shape index (κ1) is 13.6. The molecule has 0 atom stereocenters.